The van der Waals surface area contributed by atoms with Crippen molar-refractivity contribution in [2.24, 2.45) is 11.7 Å². The smallest absolute Gasteiger partial charge is 0.257 e. The molecule has 0 aromatic heterocycles. The SMILES string of the molecule is CCOc1ccc(/C(C(=O)N/C=C\SC)=C(N)\C=C\c2cccc(OC)c2OCC2CC2)cc1. The summed E-state index contributed by atoms with van der Waals surface area (Å²) in [6.07, 6.45) is 9.48. The van der Waals surface area contributed by atoms with Gasteiger partial charge >= 0.3 is 0 Å². The van der Waals surface area contributed by atoms with Gasteiger partial charge in [-0.1, -0.05) is 24.3 Å². The molecule has 6 nitrogen and oxygen atoms in total. The molecule has 7 heteroatoms. The van der Waals surface area contributed by atoms with E-state index in [2.05, 4.69) is 5.32 Å². The van der Waals surface area contributed by atoms with Crippen LogP contribution >= 0.6 is 11.8 Å². The summed E-state index contributed by atoms with van der Waals surface area (Å²) in [7, 11) is 1.62. The fourth-order valence-corrected chi connectivity index (χ4v) is 3.50. The van der Waals surface area contributed by atoms with Crippen LogP contribution in [0.25, 0.3) is 11.6 Å². The maximum absolute atomic E-state index is 13.0. The average molecular weight is 481 g/mol. The maximum Gasteiger partial charge on any atom is 0.257 e. The number of amides is 1. The van der Waals surface area contributed by atoms with Gasteiger partial charge < -0.3 is 25.3 Å². The topological polar surface area (TPSA) is 82.8 Å². The summed E-state index contributed by atoms with van der Waals surface area (Å²) in [5.74, 6) is 2.38. The first kappa shape index (κ1) is 25.3. The molecule has 0 atom stereocenters. The number of methoxy groups -OCH3 is 1. The lowest BCUT2D eigenvalue weighted by Gasteiger charge is -2.13. The second-order valence-corrected chi connectivity index (χ2v) is 8.51. The quantitative estimate of drug-likeness (QED) is 0.320. The highest BCUT2D eigenvalue weighted by molar-refractivity contribution is 8.01. The highest BCUT2D eigenvalue weighted by Gasteiger charge is 2.23. The number of rotatable bonds is 12. The third-order valence-corrected chi connectivity index (χ3v) is 5.63. The molecule has 3 N–H and O–H groups in total. The molecule has 1 aliphatic rings. The van der Waals surface area contributed by atoms with E-state index in [1.807, 2.05) is 61.7 Å². The van der Waals surface area contributed by atoms with Crippen molar-refractivity contribution in [1.82, 2.24) is 5.32 Å². The number of hydrogen-bond acceptors (Lipinski definition) is 6. The molecule has 180 valence electrons. The molecule has 0 bridgehead atoms. The summed E-state index contributed by atoms with van der Waals surface area (Å²) >= 11 is 1.49. The van der Waals surface area contributed by atoms with E-state index in [4.69, 9.17) is 19.9 Å². The molecular formula is C27H32N2O4S. The number of allylic oxidation sites excluding steroid dienone is 1. The van der Waals surface area contributed by atoms with Crippen LogP contribution in [0.15, 0.2) is 65.8 Å². The summed E-state index contributed by atoms with van der Waals surface area (Å²) < 4.78 is 17.1. The van der Waals surface area contributed by atoms with Crippen molar-refractivity contribution in [2.75, 3.05) is 26.6 Å². The van der Waals surface area contributed by atoms with Crippen molar-refractivity contribution in [3.63, 3.8) is 0 Å². The summed E-state index contributed by atoms with van der Waals surface area (Å²) in [6, 6.07) is 13.0. The molecule has 0 unspecified atom stereocenters. The van der Waals surface area contributed by atoms with E-state index in [1.54, 1.807) is 24.8 Å². The van der Waals surface area contributed by atoms with Crippen molar-refractivity contribution < 1.29 is 19.0 Å². The van der Waals surface area contributed by atoms with Gasteiger partial charge in [-0.2, -0.15) is 0 Å². The van der Waals surface area contributed by atoms with Crippen molar-refractivity contribution in [1.29, 1.82) is 0 Å². The monoisotopic (exact) mass is 480 g/mol. The maximum atomic E-state index is 13.0. The van der Waals surface area contributed by atoms with E-state index in [0.29, 0.717) is 47.5 Å². The van der Waals surface area contributed by atoms with Crippen molar-refractivity contribution in [2.45, 2.75) is 19.8 Å². The number of thioether (sulfide) groups is 1. The number of hydrogen-bond donors (Lipinski definition) is 2. The van der Waals surface area contributed by atoms with E-state index in [-0.39, 0.29) is 5.91 Å². The molecule has 0 spiro atoms. The predicted molar refractivity (Wildman–Crippen MR) is 140 cm³/mol. The van der Waals surface area contributed by atoms with Gasteiger partial charge in [0.2, 0.25) is 0 Å². The van der Waals surface area contributed by atoms with Gasteiger partial charge in [-0.15, -0.1) is 11.8 Å². The molecule has 0 heterocycles. The number of carbonyl (C=O) groups excluding carboxylic acids is 1. The van der Waals surface area contributed by atoms with Crippen molar-refractivity contribution >= 4 is 29.3 Å². The summed E-state index contributed by atoms with van der Waals surface area (Å²) in [6.45, 7) is 3.15. The Labute approximate surface area is 205 Å². The molecule has 1 fully saturated rings. The summed E-state index contributed by atoms with van der Waals surface area (Å²) in [5.41, 5.74) is 8.67. The summed E-state index contributed by atoms with van der Waals surface area (Å²) in [5, 5.41) is 4.57. The van der Waals surface area contributed by atoms with Gasteiger partial charge in [-0.3, -0.25) is 4.79 Å². The van der Waals surface area contributed by atoms with Gasteiger partial charge in [0.1, 0.15) is 5.75 Å². The molecule has 34 heavy (non-hydrogen) atoms. The minimum Gasteiger partial charge on any atom is -0.494 e. The second kappa shape index (κ2) is 12.8. The number of nitrogens with two attached hydrogens (primary N) is 1. The lowest BCUT2D eigenvalue weighted by molar-refractivity contribution is -0.114. The predicted octanol–water partition coefficient (Wildman–Crippen LogP) is 5.22. The first-order chi connectivity index (χ1) is 16.6. The molecule has 1 saturated carbocycles. The normalized spacial score (nSPS) is 14.2. The lowest BCUT2D eigenvalue weighted by atomic mass is 10.0. The second-order valence-electron chi connectivity index (χ2n) is 7.77. The zero-order chi connectivity index (χ0) is 24.3. The average Bonchev–Trinajstić information content (AvgIpc) is 3.67. The van der Waals surface area contributed by atoms with Crippen LogP contribution in [-0.2, 0) is 4.79 Å². The van der Waals surface area contributed by atoms with E-state index < -0.39 is 0 Å². The number of nitrogens with one attached hydrogen (secondary N) is 1. The zero-order valence-corrected chi connectivity index (χ0v) is 20.7. The Balaban J connectivity index is 1.94. The minimum absolute atomic E-state index is 0.299. The Morgan fingerprint density at radius 1 is 1.18 bits per heavy atom. The van der Waals surface area contributed by atoms with Crippen LogP contribution in [0.1, 0.15) is 30.9 Å². The van der Waals surface area contributed by atoms with E-state index >= 15 is 0 Å². The van der Waals surface area contributed by atoms with Crippen molar-refractivity contribution in [3.8, 4) is 17.2 Å². The fourth-order valence-electron chi connectivity index (χ4n) is 3.29. The Bertz CT molecular complexity index is 1060. The first-order valence-electron chi connectivity index (χ1n) is 11.3. The van der Waals surface area contributed by atoms with Crippen LogP contribution in [0, 0.1) is 5.92 Å². The summed E-state index contributed by atoms with van der Waals surface area (Å²) in [4.78, 5) is 13.0. The van der Waals surface area contributed by atoms with Crippen LogP contribution in [0.5, 0.6) is 17.2 Å². The van der Waals surface area contributed by atoms with Crippen LogP contribution in [0.3, 0.4) is 0 Å². The Morgan fingerprint density at radius 2 is 1.94 bits per heavy atom. The van der Waals surface area contributed by atoms with Gasteiger partial charge in [-0.25, -0.2) is 0 Å². The van der Waals surface area contributed by atoms with Gasteiger partial charge in [0.05, 0.1) is 25.9 Å². The van der Waals surface area contributed by atoms with Gasteiger partial charge in [0.15, 0.2) is 11.5 Å². The van der Waals surface area contributed by atoms with Crippen LogP contribution in [0.4, 0.5) is 0 Å². The molecule has 0 aliphatic heterocycles. The van der Waals surface area contributed by atoms with E-state index in [9.17, 15) is 4.79 Å². The van der Waals surface area contributed by atoms with Crippen molar-refractivity contribution in [3.05, 3.63) is 77.0 Å². The highest BCUT2D eigenvalue weighted by atomic mass is 32.2. The molecule has 1 aliphatic carbocycles. The molecule has 1 amide bonds. The van der Waals surface area contributed by atoms with Crippen LogP contribution in [0.2, 0.25) is 0 Å². The molecule has 3 rings (SSSR count). The number of carbonyl (C=O) groups is 1. The van der Waals surface area contributed by atoms with Crippen LogP contribution in [-0.4, -0.2) is 32.5 Å². The standard InChI is InChI=1S/C27H32N2O4S/c1-4-32-22-13-10-20(11-14-22)25(27(30)29-16-17-34-3)23(28)15-12-21-6-5-7-24(31-2)26(21)33-18-19-8-9-19/h5-7,10-17,19H,4,8-9,18,28H2,1-3H3,(H,29,30)/b15-12+,17-16-,25-23-. The third kappa shape index (κ3) is 7.09. The number of ether oxygens (including phenoxy) is 3. The Morgan fingerprint density at radius 3 is 2.59 bits per heavy atom. The first-order valence-corrected chi connectivity index (χ1v) is 12.6. The van der Waals surface area contributed by atoms with Gasteiger partial charge in [0, 0.05) is 17.5 Å². The molecular weight excluding hydrogens is 448 g/mol. The van der Waals surface area contributed by atoms with Gasteiger partial charge in [-0.05, 0) is 73.3 Å². The van der Waals surface area contributed by atoms with Gasteiger partial charge in [0.25, 0.3) is 5.91 Å². The molecule has 2 aromatic carbocycles. The number of benzene rings is 2. The third-order valence-electron chi connectivity index (χ3n) is 5.22. The molecule has 0 saturated heterocycles. The molecule has 2 aromatic rings. The van der Waals surface area contributed by atoms with E-state index in [1.165, 1.54) is 24.6 Å². The number of para-hydroxylation sites is 1. The van der Waals surface area contributed by atoms with E-state index in [0.717, 1.165) is 11.3 Å². The Kier molecular flexibility index (Phi) is 9.52. The fraction of sp³-hybridized carbons (Fsp3) is 0.296. The zero-order valence-electron chi connectivity index (χ0n) is 19.9. The highest BCUT2D eigenvalue weighted by Crippen LogP contribution is 2.36. The van der Waals surface area contributed by atoms with Crippen LogP contribution < -0.4 is 25.3 Å². The lowest BCUT2D eigenvalue weighted by Crippen LogP contribution is -2.21. The largest absolute Gasteiger partial charge is 0.494 e. The Hall–Kier alpha value is -3.32. The molecule has 0 radical (unpaired) electrons. The minimum atomic E-state index is -0.299.